The average Bonchev–Trinajstić information content (AvgIpc) is 2.55. The third-order valence-electron chi connectivity index (χ3n) is 3.36. The van der Waals surface area contributed by atoms with Gasteiger partial charge in [0.15, 0.2) is 0 Å². The van der Waals surface area contributed by atoms with E-state index in [1.165, 1.54) is 0 Å². The standard InChI is InChI=1S/C18H18N4O/c1-12(2)21-17-14(8-5-11-20-17)18(23)22-15-9-3-6-13-7-4-10-19-16(13)15/h3-12H,1-2H3,(H,20,21)(H,22,23). The van der Waals surface area contributed by atoms with Crippen molar-refractivity contribution < 1.29 is 4.79 Å². The van der Waals surface area contributed by atoms with Gasteiger partial charge in [0.2, 0.25) is 0 Å². The fourth-order valence-corrected chi connectivity index (χ4v) is 2.37. The van der Waals surface area contributed by atoms with Gasteiger partial charge in [-0.2, -0.15) is 0 Å². The van der Waals surface area contributed by atoms with Gasteiger partial charge < -0.3 is 10.6 Å². The fourth-order valence-electron chi connectivity index (χ4n) is 2.37. The summed E-state index contributed by atoms with van der Waals surface area (Å²) in [5, 5.41) is 7.11. The highest BCUT2D eigenvalue weighted by Crippen LogP contribution is 2.22. The predicted molar refractivity (Wildman–Crippen MR) is 92.7 cm³/mol. The molecule has 0 aliphatic carbocycles. The van der Waals surface area contributed by atoms with Crippen molar-refractivity contribution in [2.45, 2.75) is 19.9 Å². The van der Waals surface area contributed by atoms with E-state index in [2.05, 4.69) is 20.6 Å². The summed E-state index contributed by atoms with van der Waals surface area (Å²) < 4.78 is 0. The van der Waals surface area contributed by atoms with Crippen LogP contribution in [-0.2, 0) is 0 Å². The summed E-state index contributed by atoms with van der Waals surface area (Å²) in [7, 11) is 0. The molecule has 2 heterocycles. The van der Waals surface area contributed by atoms with Crippen LogP contribution >= 0.6 is 0 Å². The van der Waals surface area contributed by atoms with Crippen LogP contribution in [0.3, 0.4) is 0 Å². The molecule has 23 heavy (non-hydrogen) atoms. The Bertz CT molecular complexity index is 840. The van der Waals surface area contributed by atoms with Crippen LogP contribution in [0.5, 0.6) is 0 Å². The number of benzene rings is 1. The Balaban J connectivity index is 1.93. The predicted octanol–water partition coefficient (Wildman–Crippen LogP) is 3.70. The van der Waals surface area contributed by atoms with Crippen LogP contribution in [0.1, 0.15) is 24.2 Å². The summed E-state index contributed by atoms with van der Waals surface area (Å²) in [5.74, 6) is 0.368. The van der Waals surface area contributed by atoms with E-state index in [0.717, 1.165) is 10.9 Å². The number of carbonyl (C=O) groups is 1. The maximum atomic E-state index is 12.6. The van der Waals surface area contributed by atoms with Crippen molar-refractivity contribution in [2.75, 3.05) is 10.6 Å². The minimum atomic E-state index is -0.209. The van der Waals surface area contributed by atoms with Crippen molar-refractivity contribution >= 4 is 28.3 Å². The quantitative estimate of drug-likeness (QED) is 0.771. The van der Waals surface area contributed by atoms with E-state index < -0.39 is 0 Å². The van der Waals surface area contributed by atoms with E-state index in [0.29, 0.717) is 17.1 Å². The zero-order valence-corrected chi connectivity index (χ0v) is 13.1. The van der Waals surface area contributed by atoms with E-state index in [4.69, 9.17) is 0 Å². The topological polar surface area (TPSA) is 66.9 Å². The van der Waals surface area contributed by atoms with Crippen LogP contribution in [0.15, 0.2) is 54.9 Å². The molecule has 1 aromatic carbocycles. The number of aromatic nitrogens is 2. The Morgan fingerprint density at radius 2 is 1.74 bits per heavy atom. The highest BCUT2D eigenvalue weighted by molar-refractivity contribution is 6.10. The number of hydrogen-bond acceptors (Lipinski definition) is 4. The number of carbonyl (C=O) groups excluding carboxylic acids is 1. The van der Waals surface area contributed by atoms with Crippen molar-refractivity contribution in [3.8, 4) is 0 Å². The molecular formula is C18H18N4O. The minimum Gasteiger partial charge on any atom is -0.367 e. The summed E-state index contributed by atoms with van der Waals surface area (Å²) in [6.07, 6.45) is 3.38. The van der Waals surface area contributed by atoms with E-state index in [-0.39, 0.29) is 11.9 Å². The average molecular weight is 306 g/mol. The number of anilines is 2. The Labute approximate surface area is 134 Å². The second-order valence-electron chi connectivity index (χ2n) is 5.53. The lowest BCUT2D eigenvalue weighted by Gasteiger charge is -2.14. The molecule has 1 amide bonds. The van der Waals surface area contributed by atoms with Gasteiger partial charge in [-0.1, -0.05) is 18.2 Å². The van der Waals surface area contributed by atoms with Crippen LogP contribution in [0.25, 0.3) is 10.9 Å². The Morgan fingerprint density at radius 1 is 1.00 bits per heavy atom. The molecule has 0 saturated heterocycles. The summed E-state index contributed by atoms with van der Waals surface area (Å²) in [5.41, 5.74) is 1.96. The molecule has 116 valence electrons. The summed E-state index contributed by atoms with van der Waals surface area (Å²) >= 11 is 0. The SMILES string of the molecule is CC(C)Nc1ncccc1C(=O)Nc1cccc2cccnc12. The maximum absolute atomic E-state index is 12.6. The van der Waals surface area contributed by atoms with E-state index in [1.807, 2.05) is 44.2 Å². The van der Waals surface area contributed by atoms with Gasteiger partial charge in [-0.05, 0) is 38.1 Å². The monoisotopic (exact) mass is 306 g/mol. The zero-order chi connectivity index (χ0) is 16.2. The smallest absolute Gasteiger partial charge is 0.259 e. The first-order chi connectivity index (χ1) is 11.1. The van der Waals surface area contributed by atoms with Crippen molar-refractivity contribution in [1.82, 2.24) is 9.97 Å². The molecule has 0 spiro atoms. The van der Waals surface area contributed by atoms with Gasteiger partial charge in [0.1, 0.15) is 5.82 Å². The van der Waals surface area contributed by atoms with Crippen LogP contribution < -0.4 is 10.6 Å². The molecule has 0 saturated carbocycles. The lowest BCUT2D eigenvalue weighted by molar-refractivity contribution is 0.102. The second kappa shape index (κ2) is 6.44. The van der Waals surface area contributed by atoms with Crippen molar-refractivity contribution in [2.24, 2.45) is 0 Å². The maximum Gasteiger partial charge on any atom is 0.259 e. The van der Waals surface area contributed by atoms with Crippen molar-refractivity contribution in [3.63, 3.8) is 0 Å². The summed E-state index contributed by atoms with van der Waals surface area (Å²) in [6.45, 7) is 4.01. The van der Waals surface area contributed by atoms with Crippen molar-refractivity contribution in [3.05, 3.63) is 60.4 Å². The number of rotatable bonds is 4. The Kier molecular flexibility index (Phi) is 4.19. The summed E-state index contributed by atoms with van der Waals surface area (Å²) in [6, 6.07) is 13.2. The number of amides is 1. The van der Waals surface area contributed by atoms with Crippen LogP contribution in [0.4, 0.5) is 11.5 Å². The summed E-state index contributed by atoms with van der Waals surface area (Å²) in [4.78, 5) is 21.3. The van der Waals surface area contributed by atoms with Gasteiger partial charge in [-0.15, -0.1) is 0 Å². The van der Waals surface area contributed by atoms with Gasteiger partial charge in [0.05, 0.1) is 16.8 Å². The minimum absolute atomic E-state index is 0.190. The first kappa shape index (κ1) is 15.0. The number of hydrogen-bond donors (Lipinski definition) is 2. The van der Waals surface area contributed by atoms with E-state index >= 15 is 0 Å². The normalized spacial score (nSPS) is 10.7. The molecule has 2 aromatic heterocycles. The molecule has 0 aliphatic heterocycles. The third kappa shape index (κ3) is 3.29. The molecule has 3 aromatic rings. The fraction of sp³-hybridized carbons (Fsp3) is 0.167. The van der Waals surface area contributed by atoms with Crippen LogP contribution in [0, 0.1) is 0 Å². The number of fused-ring (bicyclic) bond motifs is 1. The van der Waals surface area contributed by atoms with E-state index in [1.54, 1.807) is 24.5 Å². The first-order valence-electron chi connectivity index (χ1n) is 7.52. The van der Waals surface area contributed by atoms with Gasteiger partial charge in [-0.25, -0.2) is 4.98 Å². The van der Waals surface area contributed by atoms with Gasteiger partial charge in [-0.3, -0.25) is 9.78 Å². The number of pyridine rings is 2. The van der Waals surface area contributed by atoms with Crippen LogP contribution in [0.2, 0.25) is 0 Å². The largest absolute Gasteiger partial charge is 0.367 e. The zero-order valence-electron chi connectivity index (χ0n) is 13.1. The molecular weight excluding hydrogens is 288 g/mol. The molecule has 2 N–H and O–H groups in total. The Morgan fingerprint density at radius 3 is 2.57 bits per heavy atom. The first-order valence-corrected chi connectivity index (χ1v) is 7.52. The molecule has 0 atom stereocenters. The molecule has 0 aliphatic rings. The Hall–Kier alpha value is -2.95. The molecule has 0 bridgehead atoms. The van der Waals surface area contributed by atoms with Gasteiger partial charge in [0.25, 0.3) is 5.91 Å². The van der Waals surface area contributed by atoms with Gasteiger partial charge in [0, 0.05) is 23.8 Å². The lowest BCUT2D eigenvalue weighted by atomic mass is 10.1. The molecule has 5 nitrogen and oxygen atoms in total. The number of para-hydroxylation sites is 1. The molecule has 0 unspecified atom stereocenters. The lowest BCUT2D eigenvalue weighted by Crippen LogP contribution is -2.19. The molecule has 3 rings (SSSR count). The van der Waals surface area contributed by atoms with Crippen LogP contribution in [-0.4, -0.2) is 21.9 Å². The third-order valence-corrected chi connectivity index (χ3v) is 3.36. The second-order valence-corrected chi connectivity index (χ2v) is 5.53. The van der Waals surface area contributed by atoms with Crippen molar-refractivity contribution in [1.29, 1.82) is 0 Å². The molecule has 0 radical (unpaired) electrons. The molecule has 5 heteroatoms. The molecule has 0 fully saturated rings. The number of nitrogens with zero attached hydrogens (tertiary/aromatic N) is 2. The highest BCUT2D eigenvalue weighted by atomic mass is 16.1. The number of nitrogens with one attached hydrogen (secondary N) is 2. The van der Waals surface area contributed by atoms with Gasteiger partial charge >= 0.3 is 0 Å². The van der Waals surface area contributed by atoms with E-state index in [9.17, 15) is 4.79 Å². The highest BCUT2D eigenvalue weighted by Gasteiger charge is 2.14.